The Bertz CT molecular complexity index is 214. The number of esters is 1. The van der Waals surface area contributed by atoms with Gasteiger partial charge in [0.1, 0.15) is 0 Å². The highest BCUT2D eigenvalue weighted by molar-refractivity contribution is 5.76. The van der Waals surface area contributed by atoms with Crippen molar-refractivity contribution in [2.24, 2.45) is 5.41 Å². The van der Waals surface area contributed by atoms with Crippen molar-refractivity contribution in [3.8, 4) is 0 Å². The molecule has 1 unspecified atom stereocenters. The second-order valence-electron chi connectivity index (χ2n) is 5.51. The molecule has 0 saturated carbocycles. The Balaban J connectivity index is 3.75. The van der Waals surface area contributed by atoms with Crippen LogP contribution in [0.15, 0.2) is 0 Å². The van der Waals surface area contributed by atoms with Gasteiger partial charge in [0.05, 0.1) is 12.5 Å². The van der Waals surface area contributed by atoms with Crippen LogP contribution in [0.25, 0.3) is 0 Å². The zero-order valence-electron chi connectivity index (χ0n) is 12.1. The van der Waals surface area contributed by atoms with Gasteiger partial charge in [-0.2, -0.15) is 0 Å². The lowest BCUT2D eigenvalue weighted by Gasteiger charge is -2.24. The second kappa shape index (κ2) is 8.51. The Kier molecular flexibility index (Phi) is 8.23. The average Bonchev–Trinajstić information content (AvgIpc) is 2.31. The molecule has 0 heterocycles. The Hall–Kier alpha value is -0.570. The van der Waals surface area contributed by atoms with Gasteiger partial charge in [-0.25, -0.2) is 0 Å². The summed E-state index contributed by atoms with van der Waals surface area (Å²) in [5.74, 6) is -0.150. The summed E-state index contributed by atoms with van der Waals surface area (Å²) in [7, 11) is 1.44. The summed E-state index contributed by atoms with van der Waals surface area (Å²) in [6.45, 7) is 8.90. The molecular weight excluding hydrogens is 214 g/mol. The van der Waals surface area contributed by atoms with E-state index in [1.165, 1.54) is 39.2 Å². The maximum atomic E-state index is 11.5. The summed E-state index contributed by atoms with van der Waals surface area (Å²) in [5.41, 5.74) is -0.438. The molecule has 0 aliphatic carbocycles. The van der Waals surface area contributed by atoms with E-state index in [1.807, 2.05) is 13.8 Å². The van der Waals surface area contributed by atoms with Gasteiger partial charge < -0.3 is 10.1 Å². The lowest BCUT2D eigenvalue weighted by atomic mass is 9.93. The van der Waals surface area contributed by atoms with Gasteiger partial charge in [0.15, 0.2) is 0 Å². The zero-order valence-corrected chi connectivity index (χ0v) is 12.1. The van der Waals surface area contributed by atoms with E-state index in [0.29, 0.717) is 12.6 Å². The zero-order chi connectivity index (χ0) is 13.3. The van der Waals surface area contributed by atoms with Crippen molar-refractivity contribution >= 4 is 5.97 Å². The molecule has 1 atom stereocenters. The maximum absolute atomic E-state index is 11.5. The fourth-order valence-corrected chi connectivity index (χ4v) is 1.76. The van der Waals surface area contributed by atoms with Crippen LogP contribution >= 0.6 is 0 Å². The number of nitrogens with one attached hydrogen (secondary N) is 1. The van der Waals surface area contributed by atoms with Crippen LogP contribution < -0.4 is 5.32 Å². The number of methoxy groups -OCH3 is 1. The van der Waals surface area contributed by atoms with Crippen LogP contribution in [-0.4, -0.2) is 25.7 Å². The van der Waals surface area contributed by atoms with E-state index in [4.69, 9.17) is 4.74 Å². The number of ether oxygens (including phenoxy) is 1. The Morgan fingerprint density at radius 1 is 1.29 bits per heavy atom. The molecule has 3 heteroatoms. The smallest absolute Gasteiger partial charge is 0.312 e. The molecule has 0 aliphatic rings. The summed E-state index contributed by atoms with van der Waals surface area (Å²) in [5, 5.41) is 3.41. The van der Waals surface area contributed by atoms with Crippen LogP contribution in [-0.2, 0) is 9.53 Å². The summed E-state index contributed by atoms with van der Waals surface area (Å²) >= 11 is 0. The highest BCUT2D eigenvalue weighted by atomic mass is 16.5. The van der Waals surface area contributed by atoms with Crippen molar-refractivity contribution in [2.45, 2.75) is 65.8 Å². The first kappa shape index (κ1) is 16.4. The van der Waals surface area contributed by atoms with Crippen molar-refractivity contribution in [3.63, 3.8) is 0 Å². The number of carbonyl (C=O) groups excluding carboxylic acids is 1. The summed E-state index contributed by atoms with van der Waals surface area (Å²) in [6, 6.07) is 0.468. The molecule has 0 aromatic carbocycles. The van der Waals surface area contributed by atoms with E-state index in [-0.39, 0.29) is 5.97 Å². The lowest BCUT2D eigenvalue weighted by Crippen LogP contribution is -2.40. The summed E-state index contributed by atoms with van der Waals surface area (Å²) in [4.78, 5) is 11.5. The van der Waals surface area contributed by atoms with Crippen LogP contribution in [0.4, 0.5) is 0 Å². The minimum absolute atomic E-state index is 0.150. The van der Waals surface area contributed by atoms with E-state index in [2.05, 4.69) is 19.2 Å². The topological polar surface area (TPSA) is 38.3 Å². The molecule has 0 spiro atoms. The third-order valence-electron chi connectivity index (χ3n) is 3.12. The number of hydrogen-bond donors (Lipinski definition) is 1. The van der Waals surface area contributed by atoms with Crippen LogP contribution in [0.2, 0.25) is 0 Å². The van der Waals surface area contributed by atoms with Crippen molar-refractivity contribution in [2.75, 3.05) is 13.7 Å². The molecule has 0 bridgehead atoms. The molecule has 0 rings (SSSR count). The minimum Gasteiger partial charge on any atom is -0.469 e. The fourth-order valence-electron chi connectivity index (χ4n) is 1.76. The van der Waals surface area contributed by atoms with Crippen molar-refractivity contribution in [1.82, 2.24) is 5.32 Å². The highest BCUT2D eigenvalue weighted by Gasteiger charge is 2.28. The highest BCUT2D eigenvalue weighted by Crippen LogP contribution is 2.16. The fraction of sp³-hybridized carbons (Fsp3) is 0.929. The van der Waals surface area contributed by atoms with Gasteiger partial charge in [0.2, 0.25) is 0 Å². The van der Waals surface area contributed by atoms with Crippen LogP contribution in [0.3, 0.4) is 0 Å². The number of carbonyl (C=O) groups is 1. The quantitative estimate of drug-likeness (QED) is 0.499. The van der Waals surface area contributed by atoms with Gasteiger partial charge in [-0.1, -0.05) is 32.6 Å². The van der Waals surface area contributed by atoms with Gasteiger partial charge in [-0.3, -0.25) is 4.79 Å². The van der Waals surface area contributed by atoms with Gasteiger partial charge in [-0.05, 0) is 27.2 Å². The normalized spacial score (nSPS) is 13.5. The first-order valence-corrected chi connectivity index (χ1v) is 6.75. The molecule has 17 heavy (non-hydrogen) atoms. The van der Waals surface area contributed by atoms with Gasteiger partial charge in [-0.15, -0.1) is 0 Å². The summed E-state index contributed by atoms with van der Waals surface area (Å²) in [6.07, 6.45) is 6.35. The SMILES string of the molecule is CCCCCCC(C)NCC(C)(C)C(=O)OC. The number of rotatable bonds is 9. The lowest BCUT2D eigenvalue weighted by molar-refractivity contribution is -0.150. The standard InChI is InChI=1S/C14H29NO2/c1-6-7-8-9-10-12(2)15-11-14(3,4)13(16)17-5/h12,15H,6-11H2,1-5H3. The molecule has 0 saturated heterocycles. The maximum Gasteiger partial charge on any atom is 0.312 e. The molecule has 0 aliphatic heterocycles. The first-order valence-electron chi connectivity index (χ1n) is 6.75. The predicted octanol–water partition coefficient (Wildman–Crippen LogP) is 3.13. The van der Waals surface area contributed by atoms with E-state index < -0.39 is 5.41 Å². The number of unbranched alkanes of at least 4 members (excludes halogenated alkanes) is 3. The Morgan fingerprint density at radius 2 is 1.94 bits per heavy atom. The van der Waals surface area contributed by atoms with Crippen LogP contribution in [0.5, 0.6) is 0 Å². The van der Waals surface area contributed by atoms with Crippen molar-refractivity contribution in [3.05, 3.63) is 0 Å². The van der Waals surface area contributed by atoms with E-state index in [0.717, 1.165) is 0 Å². The third-order valence-corrected chi connectivity index (χ3v) is 3.12. The van der Waals surface area contributed by atoms with E-state index >= 15 is 0 Å². The molecule has 1 N–H and O–H groups in total. The molecule has 0 aromatic rings. The van der Waals surface area contributed by atoms with Crippen LogP contribution in [0.1, 0.15) is 59.8 Å². The third kappa shape index (κ3) is 7.37. The number of hydrogen-bond acceptors (Lipinski definition) is 3. The Morgan fingerprint density at radius 3 is 2.47 bits per heavy atom. The largest absolute Gasteiger partial charge is 0.469 e. The van der Waals surface area contributed by atoms with Crippen LogP contribution in [0, 0.1) is 5.41 Å². The summed E-state index contributed by atoms with van der Waals surface area (Å²) < 4.78 is 4.78. The molecular formula is C14H29NO2. The van der Waals surface area contributed by atoms with E-state index in [9.17, 15) is 4.79 Å². The molecule has 0 radical (unpaired) electrons. The van der Waals surface area contributed by atoms with Crippen molar-refractivity contribution in [1.29, 1.82) is 0 Å². The molecule has 102 valence electrons. The minimum atomic E-state index is -0.438. The molecule has 0 amide bonds. The first-order chi connectivity index (χ1) is 7.94. The van der Waals surface area contributed by atoms with E-state index in [1.54, 1.807) is 0 Å². The average molecular weight is 243 g/mol. The molecule has 3 nitrogen and oxygen atoms in total. The Labute approximate surface area is 106 Å². The predicted molar refractivity (Wildman–Crippen MR) is 72.0 cm³/mol. The monoisotopic (exact) mass is 243 g/mol. The van der Waals surface area contributed by atoms with Gasteiger partial charge in [0, 0.05) is 12.6 Å². The molecule has 0 fully saturated rings. The second-order valence-corrected chi connectivity index (χ2v) is 5.51. The molecule has 0 aromatic heterocycles. The van der Waals surface area contributed by atoms with Crippen molar-refractivity contribution < 1.29 is 9.53 Å². The van der Waals surface area contributed by atoms with Gasteiger partial charge in [0.25, 0.3) is 0 Å². The van der Waals surface area contributed by atoms with Gasteiger partial charge >= 0.3 is 5.97 Å².